The van der Waals surface area contributed by atoms with Crippen LogP contribution in [0.2, 0.25) is 5.02 Å². The molecule has 1 aromatic carbocycles. The normalized spacial score (nSPS) is 39.0. The van der Waals surface area contributed by atoms with Gasteiger partial charge in [-0.15, -0.1) is 0 Å². The smallest absolute Gasteiger partial charge is 0.309 e. The summed E-state index contributed by atoms with van der Waals surface area (Å²) >= 11 is 6.03. The highest BCUT2D eigenvalue weighted by molar-refractivity contribution is 6.30. The molecule has 12 atom stereocenters. The van der Waals surface area contributed by atoms with Gasteiger partial charge in [-0.1, -0.05) is 79.5 Å². The third-order valence-corrected chi connectivity index (χ3v) is 18.9. The third kappa shape index (κ3) is 7.33. The maximum Gasteiger partial charge on any atom is 0.309 e. The third-order valence-electron chi connectivity index (χ3n) is 18.7. The van der Waals surface area contributed by atoms with Gasteiger partial charge in [-0.05, 0) is 146 Å². The molecule has 11 heteroatoms. The molecule has 0 saturated heterocycles. The van der Waals surface area contributed by atoms with Crippen LogP contribution >= 0.6 is 11.6 Å². The average molecular weight is 866 g/mol. The van der Waals surface area contributed by atoms with Crippen molar-refractivity contribution in [1.82, 2.24) is 10.6 Å². The van der Waals surface area contributed by atoms with Crippen LogP contribution in [0, 0.1) is 68.0 Å². The molecule has 7 rings (SSSR count). The standard InChI is InChI=1S/C50H74ClN3O7/c1-28(2)40-35(55)25-50(38(56)27-53-26-31(18-23-52)54-42(57)29-10-12-30(51)13-11-29)22-21-48(8)32(41(40)50)14-15-37-47(7)19-17-39(46(5,6)36(47)16-20-49(37,48)9)61-44(60)34-24-33(43(58)59)45(34,3)4/h10-13,28,31-34,36-39,53,56H,14-27,52H2,1-9H3,(H,54,57)(H,58,59)/t31?,32-,33+,34-,36+,37-,38+,39+,47+,48-,49-,50+/m1/s1/i31D. The molecule has 1 amide bonds. The molecule has 6 N–H and O–H groups in total. The summed E-state index contributed by atoms with van der Waals surface area (Å²) in [5, 5.41) is 28.8. The van der Waals surface area contributed by atoms with E-state index in [0.717, 1.165) is 50.5 Å². The van der Waals surface area contributed by atoms with Crippen LogP contribution < -0.4 is 16.4 Å². The van der Waals surface area contributed by atoms with Gasteiger partial charge in [-0.2, -0.15) is 0 Å². The first-order valence-electron chi connectivity index (χ1n) is 23.7. The number of rotatable bonds is 13. The molecular formula is C50H74ClN3O7. The summed E-state index contributed by atoms with van der Waals surface area (Å²) in [6.07, 6.45) is 7.10. The van der Waals surface area contributed by atoms with Crippen molar-refractivity contribution in [2.24, 2.45) is 73.7 Å². The number of fused-ring (bicyclic) bond motifs is 7. The highest BCUT2D eigenvalue weighted by Gasteiger charge is 2.71. The maximum absolute atomic E-state index is 14.2. The number of carbonyl (C=O) groups excluding carboxylic acids is 3. The van der Waals surface area contributed by atoms with Crippen LogP contribution in [0.15, 0.2) is 35.4 Å². The van der Waals surface area contributed by atoms with Gasteiger partial charge >= 0.3 is 11.9 Å². The zero-order valence-corrected chi connectivity index (χ0v) is 39.0. The van der Waals surface area contributed by atoms with E-state index in [1.165, 1.54) is 5.57 Å². The number of nitrogens with one attached hydrogen (secondary N) is 2. The Morgan fingerprint density at radius 3 is 2.21 bits per heavy atom. The number of amides is 1. The SMILES string of the molecule is [2H]C(CCN)(CNC[C@H](O)[C@@]12CC[C@]3(C)[C@H](CC[C@@H]4[C@@]5(C)CC[C@H](OC(=O)[C@H]6C[C@@H](C(=O)O)C6(C)C)C(C)(C)[C@@H]5CC[C@]43C)C1=C(C(C)C)C(=O)C2)NC(=O)c1ccc(Cl)cc1. The van der Waals surface area contributed by atoms with Gasteiger partial charge in [0.15, 0.2) is 5.78 Å². The van der Waals surface area contributed by atoms with Gasteiger partial charge in [-0.3, -0.25) is 19.2 Å². The Morgan fingerprint density at radius 2 is 1.59 bits per heavy atom. The second-order valence-electron chi connectivity index (χ2n) is 22.4. The number of halogens is 1. The molecule has 0 radical (unpaired) electrons. The summed E-state index contributed by atoms with van der Waals surface area (Å²) in [4.78, 5) is 52.9. The minimum atomic E-state index is -1.42. The van der Waals surface area contributed by atoms with Gasteiger partial charge in [-0.25, -0.2) is 0 Å². The van der Waals surface area contributed by atoms with Crippen molar-refractivity contribution in [3.05, 3.63) is 46.0 Å². The first kappa shape index (κ1) is 44.8. The fourth-order valence-corrected chi connectivity index (χ4v) is 15.1. The van der Waals surface area contributed by atoms with Crippen molar-refractivity contribution >= 4 is 35.2 Å². The molecular weight excluding hydrogens is 790 g/mol. The molecule has 1 unspecified atom stereocenters. The number of aliphatic carboxylic acids is 1. The number of allylic oxidation sites excluding steroid dienone is 1. The Kier molecular flexibility index (Phi) is 12.0. The van der Waals surface area contributed by atoms with Crippen molar-refractivity contribution in [3.8, 4) is 0 Å². The summed E-state index contributed by atoms with van der Waals surface area (Å²) in [5.74, 6) is -1.35. The van der Waals surface area contributed by atoms with Gasteiger partial charge in [0.25, 0.3) is 5.91 Å². The van der Waals surface area contributed by atoms with E-state index >= 15 is 0 Å². The number of carboxylic acids is 1. The van der Waals surface area contributed by atoms with Crippen molar-refractivity contribution in [2.45, 2.75) is 151 Å². The van der Waals surface area contributed by atoms with E-state index in [0.29, 0.717) is 35.3 Å². The van der Waals surface area contributed by atoms with E-state index in [9.17, 15) is 30.8 Å². The Labute approximate surface area is 370 Å². The largest absolute Gasteiger partial charge is 0.481 e. The molecule has 0 aliphatic heterocycles. The number of hydrogen-bond acceptors (Lipinski definition) is 8. The average Bonchev–Trinajstić information content (AvgIpc) is 3.49. The topological polar surface area (TPSA) is 168 Å². The van der Waals surface area contributed by atoms with Gasteiger partial charge in [0, 0.05) is 46.9 Å². The highest BCUT2D eigenvalue weighted by Crippen LogP contribution is 2.77. The van der Waals surface area contributed by atoms with E-state index in [1.807, 2.05) is 13.8 Å². The molecule has 0 heterocycles. The summed E-state index contributed by atoms with van der Waals surface area (Å²) in [5.41, 5.74) is 6.71. The number of benzene rings is 1. The molecule has 0 aromatic heterocycles. The number of aliphatic hydroxyl groups is 1. The number of esters is 1. The Hall–Kier alpha value is -2.79. The van der Waals surface area contributed by atoms with Crippen LogP contribution in [0.5, 0.6) is 0 Å². The van der Waals surface area contributed by atoms with Crippen molar-refractivity contribution in [1.29, 1.82) is 0 Å². The molecule has 6 aliphatic rings. The van der Waals surface area contributed by atoms with Gasteiger partial charge in [0.05, 0.1) is 19.3 Å². The van der Waals surface area contributed by atoms with E-state index in [4.69, 9.17) is 22.1 Å². The Morgan fingerprint density at radius 1 is 0.902 bits per heavy atom. The number of ketones is 1. The molecule has 0 spiro atoms. The lowest BCUT2D eigenvalue weighted by atomic mass is 9.33. The predicted molar refractivity (Wildman–Crippen MR) is 238 cm³/mol. The molecule has 0 bridgehead atoms. The van der Waals surface area contributed by atoms with Crippen LogP contribution in [-0.2, 0) is 19.1 Å². The zero-order valence-electron chi connectivity index (χ0n) is 39.2. The quantitative estimate of drug-likeness (QED) is 0.122. The number of ether oxygens (including phenoxy) is 1. The van der Waals surface area contributed by atoms with E-state index in [2.05, 4.69) is 59.1 Å². The fraction of sp³-hybridized carbons (Fsp3) is 0.760. The minimum Gasteiger partial charge on any atom is -0.481 e. The molecule has 5 fully saturated rings. The van der Waals surface area contributed by atoms with E-state index < -0.39 is 46.7 Å². The second kappa shape index (κ2) is 16.3. The molecule has 10 nitrogen and oxygen atoms in total. The second-order valence-corrected chi connectivity index (χ2v) is 22.8. The summed E-state index contributed by atoms with van der Waals surface area (Å²) < 4.78 is 15.6. The minimum absolute atomic E-state index is 0.0194. The van der Waals surface area contributed by atoms with Crippen LogP contribution in [0.4, 0.5) is 0 Å². The van der Waals surface area contributed by atoms with Gasteiger partial charge in [0.2, 0.25) is 0 Å². The molecule has 1 aromatic rings. The number of carboxylic acid groups (broad SMARTS) is 1. The number of Topliss-reactive ketones (excluding diaryl/α,β-unsaturated/α-hetero) is 1. The lowest BCUT2D eigenvalue weighted by Gasteiger charge is -2.72. The zero-order chi connectivity index (χ0) is 45.6. The predicted octanol–water partition coefficient (Wildman–Crippen LogP) is 8.38. The highest BCUT2D eigenvalue weighted by atomic mass is 35.5. The first-order valence-corrected chi connectivity index (χ1v) is 23.6. The molecule has 6 aliphatic carbocycles. The van der Waals surface area contributed by atoms with Gasteiger partial charge < -0.3 is 31.3 Å². The maximum atomic E-state index is 14.2. The lowest BCUT2D eigenvalue weighted by Crippen LogP contribution is -2.66. The molecule has 338 valence electrons. The fourth-order valence-electron chi connectivity index (χ4n) is 15.0. The summed E-state index contributed by atoms with van der Waals surface area (Å²) in [7, 11) is 0. The molecule has 61 heavy (non-hydrogen) atoms. The van der Waals surface area contributed by atoms with E-state index in [-0.39, 0.29) is 83.8 Å². The van der Waals surface area contributed by atoms with Crippen LogP contribution in [0.1, 0.15) is 145 Å². The Balaban J connectivity index is 1.09. The van der Waals surface area contributed by atoms with Crippen molar-refractivity contribution in [2.75, 3.05) is 19.6 Å². The summed E-state index contributed by atoms with van der Waals surface area (Å²) in [6, 6.07) is 5.09. The number of nitrogens with two attached hydrogens (primary N) is 1. The lowest BCUT2D eigenvalue weighted by molar-refractivity contribution is -0.238. The monoisotopic (exact) mass is 865 g/mol. The first-order chi connectivity index (χ1) is 28.8. The van der Waals surface area contributed by atoms with Crippen LogP contribution in [0.3, 0.4) is 0 Å². The number of aliphatic hydroxyl groups excluding tert-OH is 1. The molecule has 5 saturated carbocycles. The van der Waals surface area contributed by atoms with E-state index in [1.54, 1.807) is 24.3 Å². The van der Waals surface area contributed by atoms with Crippen molar-refractivity contribution < 1.29 is 35.5 Å². The van der Waals surface area contributed by atoms with Crippen LogP contribution in [0.25, 0.3) is 0 Å². The number of carbonyl (C=O) groups is 4. The van der Waals surface area contributed by atoms with Crippen LogP contribution in [-0.4, -0.2) is 71.7 Å². The van der Waals surface area contributed by atoms with Crippen molar-refractivity contribution in [3.63, 3.8) is 0 Å². The Bertz CT molecular complexity index is 1990. The van der Waals surface area contributed by atoms with Gasteiger partial charge in [0.1, 0.15) is 6.10 Å². The number of hydrogen-bond donors (Lipinski definition) is 5. The summed E-state index contributed by atoms with van der Waals surface area (Å²) in [6.45, 7) is 20.5.